The van der Waals surface area contributed by atoms with Gasteiger partial charge in [0.1, 0.15) is 18.1 Å². The van der Waals surface area contributed by atoms with E-state index in [1.165, 1.54) is 0 Å². The van der Waals surface area contributed by atoms with E-state index in [1.807, 2.05) is 36.4 Å². The van der Waals surface area contributed by atoms with Crippen molar-refractivity contribution >= 4 is 10.9 Å². The number of benzene rings is 1. The first-order valence-corrected chi connectivity index (χ1v) is 7.10. The maximum atomic E-state index is 5.82. The van der Waals surface area contributed by atoms with Gasteiger partial charge in [0.25, 0.3) is 0 Å². The van der Waals surface area contributed by atoms with Crippen LogP contribution in [-0.4, -0.2) is 11.5 Å². The van der Waals surface area contributed by atoms with Gasteiger partial charge in [-0.15, -0.1) is 0 Å². The normalized spacial score (nSPS) is 10.9. The highest BCUT2D eigenvalue weighted by molar-refractivity contribution is 5.79. The van der Waals surface area contributed by atoms with Crippen molar-refractivity contribution in [3.63, 3.8) is 0 Å². The summed E-state index contributed by atoms with van der Waals surface area (Å²) >= 11 is 0. The Morgan fingerprint density at radius 2 is 2.19 bits per heavy atom. The number of pyridine rings is 1. The average Bonchev–Trinajstić information content (AvgIpc) is 2.98. The Kier molecular flexibility index (Phi) is 4.17. The molecule has 0 aliphatic heterocycles. The highest BCUT2D eigenvalue weighted by Crippen LogP contribution is 2.20. The third kappa shape index (κ3) is 3.23. The fourth-order valence-electron chi connectivity index (χ4n) is 2.20. The SMILES string of the molecule is CCNCc1ccoc1COc1ccc2cccnc2c1. The second-order valence-electron chi connectivity index (χ2n) is 4.80. The molecule has 3 rings (SSSR count). The zero-order valence-electron chi connectivity index (χ0n) is 12.0. The Labute approximate surface area is 123 Å². The number of hydrogen-bond acceptors (Lipinski definition) is 4. The average molecular weight is 282 g/mol. The van der Waals surface area contributed by atoms with Gasteiger partial charge in [-0.25, -0.2) is 0 Å². The lowest BCUT2D eigenvalue weighted by Gasteiger charge is -2.07. The lowest BCUT2D eigenvalue weighted by Crippen LogP contribution is -2.12. The molecule has 2 heterocycles. The summed E-state index contributed by atoms with van der Waals surface area (Å²) in [4.78, 5) is 4.33. The summed E-state index contributed by atoms with van der Waals surface area (Å²) in [5.41, 5.74) is 2.07. The molecule has 108 valence electrons. The Bertz CT molecular complexity index is 721. The van der Waals surface area contributed by atoms with E-state index in [2.05, 4.69) is 17.2 Å². The van der Waals surface area contributed by atoms with E-state index in [1.54, 1.807) is 12.5 Å². The summed E-state index contributed by atoms with van der Waals surface area (Å²) in [5, 5.41) is 4.39. The van der Waals surface area contributed by atoms with Crippen LogP contribution in [0.1, 0.15) is 18.2 Å². The monoisotopic (exact) mass is 282 g/mol. The predicted molar refractivity (Wildman–Crippen MR) is 82.2 cm³/mol. The molecular formula is C17H18N2O2. The van der Waals surface area contributed by atoms with Crippen LogP contribution in [0, 0.1) is 0 Å². The van der Waals surface area contributed by atoms with Gasteiger partial charge in [0.15, 0.2) is 0 Å². The number of rotatable bonds is 6. The fourth-order valence-corrected chi connectivity index (χ4v) is 2.20. The van der Waals surface area contributed by atoms with E-state index in [9.17, 15) is 0 Å². The number of furan rings is 1. The van der Waals surface area contributed by atoms with Crippen molar-refractivity contribution in [2.24, 2.45) is 0 Å². The van der Waals surface area contributed by atoms with Crippen LogP contribution in [0.5, 0.6) is 5.75 Å². The summed E-state index contributed by atoms with van der Waals surface area (Å²) < 4.78 is 11.3. The van der Waals surface area contributed by atoms with E-state index < -0.39 is 0 Å². The molecule has 4 heteroatoms. The minimum absolute atomic E-state index is 0.423. The number of fused-ring (bicyclic) bond motifs is 1. The fraction of sp³-hybridized carbons (Fsp3) is 0.235. The Hall–Kier alpha value is -2.33. The molecule has 0 unspecified atom stereocenters. The quantitative estimate of drug-likeness (QED) is 0.751. The first-order chi connectivity index (χ1) is 10.4. The van der Waals surface area contributed by atoms with Gasteiger partial charge in [0, 0.05) is 29.8 Å². The molecule has 0 radical (unpaired) electrons. The second-order valence-corrected chi connectivity index (χ2v) is 4.80. The maximum absolute atomic E-state index is 5.82. The highest BCUT2D eigenvalue weighted by Gasteiger charge is 2.07. The van der Waals surface area contributed by atoms with Crippen LogP contribution in [0.2, 0.25) is 0 Å². The van der Waals surface area contributed by atoms with Crippen molar-refractivity contribution in [2.45, 2.75) is 20.1 Å². The van der Waals surface area contributed by atoms with Gasteiger partial charge in [-0.3, -0.25) is 4.98 Å². The van der Waals surface area contributed by atoms with Crippen molar-refractivity contribution < 1.29 is 9.15 Å². The van der Waals surface area contributed by atoms with Gasteiger partial charge in [-0.2, -0.15) is 0 Å². The van der Waals surface area contributed by atoms with E-state index in [0.717, 1.165) is 41.1 Å². The van der Waals surface area contributed by atoms with Gasteiger partial charge in [-0.1, -0.05) is 13.0 Å². The molecule has 0 saturated carbocycles. The first kappa shape index (κ1) is 13.6. The van der Waals surface area contributed by atoms with E-state index in [0.29, 0.717) is 6.61 Å². The third-order valence-corrected chi connectivity index (χ3v) is 3.35. The summed E-state index contributed by atoms with van der Waals surface area (Å²) in [5.74, 6) is 1.66. The van der Waals surface area contributed by atoms with Crippen LogP contribution in [0.4, 0.5) is 0 Å². The van der Waals surface area contributed by atoms with Gasteiger partial charge in [0.05, 0.1) is 11.8 Å². The zero-order chi connectivity index (χ0) is 14.5. The summed E-state index contributed by atoms with van der Waals surface area (Å²) in [6.45, 7) is 4.23. The third-order valence-electron chi connectivity index (χ3n) is 3.35. The van der Waals surface area contributed by atoms with Crippen molar-refractivity contribution in [2.75, 3.05) is 6.54 Å². The van der Waals surface area contributed by atoms with Crippen molar-refractivity contribution in [3.05, 3.63) is 60.2 Å². The standard InChI is InChI=1S/C17H18N2O2/c1-2-18-11-14-7-9-20-17(14)12-21-15-6-5-13-4-3-8-19-16(13)10-15/h3-10,18H,2,11-12H2,1H3. The zero-order valence-corrected chi connectivity index (χ0v) is 12.0. The summed E-state index contributed by atoms with van der Waals surface area (Å²) in [7, 11) is 0. The number of nitrogens with zero attached hydrogens (tertiary/aromatic N) is 1. The van der Waals surface area contributed by atoms with Crippen molar-refractivity contribution in [3.8, 4) is 5.75 Å². The second kappa shape index (κ2) is 6.41. The summed E-state index contributed by atoms with van der Waals surface area (Å²) in [6.07, 6.45) is 3.49. The van der Waals surface area contributed by atoms with Gasteiger partial charge >= 0.3 is 0 Å². The van der Waals surface area contributed by atoms with Crippen LogP contribution >= 0.6 is 0 Å². The molecule has 0 amide bonds. The van der Waals surface area contributed by atoms with E-state index in [4.69, 9.17) is 9.15 Å². The highest BCUT2D eigenvalue weighted by atomic mass is 16.5. The minimum Gasteiger partial charge on any atom is -0.486 e. The van der Waals surface area contributed by atoms with E-state index >= 15 is 0 Å². The van der Waals surface area contributed by atoms with E-state index in [-0.39, 0.29) is 0 Å². The molecular weight excluding hydrogens is 264 g/mol. The molecule has 0 bridgehead atoms. The molecule has 0 aliphatic rings. The molecule has 1 N–H and O–H groups in total. The van der Waals surface area contributed by atoms with Crippen LogP contribution < -0.4 is 10.1 Å². The lowest BCUT2D eigenvalue weighted by atomic mass is 10.2. The Morgan fingerprint density at radius 3 is 3.10 bits per heavy atom. The molecule has 2 aromatic heterocycles. The topological polar surface area (TPSA) is 47.3 Å². The molecule has 0 aliphatic carbocycles. The molecule has 0 saturated heterocycles. The molecule has 0 spiro atoms. The van der Waals surface area contributed by atoms with Gasteiger partial charge < -0.3 is 14.5 Å². The molecule has 0 fully saturated rings. The van der Waals surface area contributed by atoms with Crippen LogP contribution in [0.3, 0.4) is 0 Å². The molecule has 1 aromatic carbocycles. The van der Waals surface area contributed by atoms with Crippen molar-refractivity contribution in [1.29, 1.82) is 0 Å². The number of ether oxygens (including phenoxy) is 1. The van der Waals surface area contributed by atoms with Gasteiger partial charge in [-0.05, 0) is 30.8 Å². The molecule has 0 atom stereocenters. The predicted octanol–water partition coefficient (Wildman–Crippen LogP) is 3.52. The largest absolute Gasteiger partial charge is 0.486 e. The van der Waals surface area contributed by atoms with Crippen LogP contribution in [0.25, 0.3) is 10.9 Å². The Balaban J connectivity index is 1.70. The lowest BCUT2D eigenvalue weighted by molar-refractivity contribution is 0.268. The van der Waals surface area contributed by atoms with Crippen molar-refractivity contribution in [1.82, 2.24) is 10.3 Å². The van der Waals surface area contributed by atoms with Crippen LogP contribution in [0.15, 0.2) is 53.3 Å². The molecule has 4 nitrogen and oxygen atoms in total. The molecule has 21 heavy (non-hydrogen) atoms. The number of nitrogens with one attached hydrogen (secondary N) is 1. The summed E-state index contributed by atoms with van der Waals surface area (Å²) in [6, 6.07) is 11.9. The Morgan fingerprint density at radius 1 is 1.24 bits per heavy atom. The molecule has 3 aromatic rings. The smallest absolute Gasteiger partial charge is 0.146 e. The number of hydrogen-bond donors (Lipinski definition) is 1. The van der Waals surface area contributed by atoms with Gasteiger partial charge in [0.2, 0.25) is 0 Å². The first-order valence-electron chi connectivity index (χ1n) is 7.10. The minimum atomic E-state index is 0.423. The maximum Gasteiger partial charge on any atom is 0.146 e. The number of aromatic nitrogens is 1. The van der Waals surface area contributed by atoms with Crippen LogP contribution in [-0.2, 0) is 13.2 Å².